The minimum Gasteiger partial charge on any atom is -0.386 e. The van der Waals surface area contributed by atoms with Gasteiger partial charge in [-0.2, -0.15) is 5.10 Å². The van der Waals surface area contributed by atoms with Crippen LogP contribution in [0.15, 0.2) is 29.4 Å². The molecule has 0 heterocycles. The normalized spacial score (nSPS) is 14.4. The van der Waals surface area contributed by atoms with Gasteiger partial charge < -0.3 is 5.11 Å². The predicted molar refractivity (Wildman–Crippen MR) is 78.4 cm³/mol. The van der Waals surface area contributed by atoms with Crippen molar-refractivity contribution in [1.82, 2.24) is 0 Å². The molecule has 0 amide bonds. The van der Waals surface area contributed by atoms with Crippen LogP contribution < -0.4 is 5.43 Å². The molecule has 0 saturated heterocycles. The number of hydrogen-bond acceptors (Lipinski definition) is 3. The summed E-state index contributed by atoms with van der Waals surface area (Å²) in [6.45, 7) is 6.10. The van der Waals surface area contributed by atoms with E-state index >= 15 is 0 Å². The zero-order valence-electron chi connectivity index (χ0n) is 10.7. The van der Waals surface area contributed by atoms with Crippen molar-refractivity contribution in [3.63, 3.8) is 0 Å². The number of nitrogens with one attached hydrogen (secondary N) is 1. The Bertz CT molecular complexity index is 410. The highest BCUT2D eigenvalue weighted by Gasteiger charge is 2.20. The molecule has 2 N–H and O–H groups in total. The van der Waals surface area contributed by atoms with Gasteiger partial charge in [-0.05, 0) is 36.1 Å². The second-order valence-corrected chi connectivity index (χ2v) is 6.16. The maximum absolute atomic E-state index is 9.85. The lowest BCUT2D eigenvalue weighted by Crippen LogP contribution is -2.23. The van der Waals surface area contributed by atoms with E-state index in [1.165, 1.54) is 0 Å². The van der Waals surface area contributed by atoms with Gasteiger partial charge in [0.1, 0.15) is 6.10 Å². The van der Waals surface area contributed by atoms with Crippen LogP contribution in [-0.2, 0) is 0 Å². The minimum absolute atomic E-state index is 0.00461. The summed E-state index contributed by atoms with van der Waals surface area (Å²) in [5, 5.41) is 14.6. The SMILES string of the molecule is CC(C)(C)CC(O)/C(Cl)=N/Nc1ccc(Cl)cc1. The molecule has 1 aromatic rings. The summed E-state index contributed by atoms with van der Waals surface area (Å²) in [7, 11) is 0. The van der Waals surface area contributed by atoms with Crippen molar-refractivity contribution in [2.75, 3.05) is 5.43 Å². The zero-order chi connectivity index (χ0) is 13.8. The molecule has 0 aliphatic carbocycles. The fraction of sp³-hybridized carbons (Fsp3) is 0.462. The van der Waals surface area contributed by atoms with Crippen LogP contribution >= 0.6 is 23.2 Å². The molecule has 0 bridgehead atoms. The summed E-state index contributed by atoms with van der Waals surface area (Å²) in [5.74, 6) is 0. The van der Waals surface area contributed by atoms with Gasteiger partial charge in [0.2, 0.25) is 0 Å². The second kappa shape index (κ2) is 6.41. The second-order valence-electron chi connectivity index (χ2n) is 5.33. The molecule has 0 aromatic heterocycles. The highest BCUT2D eigenvalue weighted by Crippen LogP contribution is 2.22. The van der Waals surface area contributed by atoms with Gasteiger partial charge >= 0.3 is 0 Å². The molecule has 0 radical (unpaired) electrons. The number of benzene rings is 1. The van der Waals surface area contributed by atoms with Crippen LogP contribution in [0.5, 0.6) is 0 Å². The molecular formula is C13H18Cl2N2O. The maximum atomic E-state index is 9.85. The Morgan fingerprint density at radius 3 is 2.39 bits per heavy atom. The third kappa shape index (κ3) is 5.71. The van der Waals surface area contributed by atoms with Gasteiger partial charge in [-0.15, -0.1) is 0 Å². The van der Waals surface area contributed by atoms with Crippen LogP contribution in [0.4, 0.5) is 5.69 Å². The summed E-state index contributed by atoms with van der Waals surface area (Å²) >= 11 is 11.7. The summed E-state index contributed by atoms with van der Waals surface area (Å²) in [5.41, 5.74) is 3.54. The number of aliphatic hydroxyl groups is 1. The van der Waals surface area contributed by atoms with Crippen LogP contribution in [0.1, 0.15) is 27.2 Å². The van der Waals surface area contributed by atoms with E-state index < -0.39 is 6.10 Å². The van der Waals surface area contributed by atoms with Gasteiger partial charge in [-0.3, -0.25) is 5.43 Å². The molecule has 0 aliphatic heterocycles. The molecule has 0 aliphatic rings. The third-order valence-electron chi connectivity index (χ3n) is 2.22. The Balaban J connectivity index is 2.58. The molecular weight excluding hydrogens is 271 g/mol. The molecule has 100 valence electrons. The quantitative estimate of drug-likeness (QED) is 0.647. The monoisotopic (exact) mass is 288 g/mol. The molecule has 0 fully saturated rings. The molecule has 1 aromatic carbocycles. The Kier molecular flexibility index (Phi) is 5.45. The standard InChI is InChI=1S/C13H18Cl2N2O/c1-13(2,3)8-11(18)12(15)17-16-10-6-4-9(14)5-7-10/h4-7,11,16,18H,8H2,1-3H3/b17-12-. The highest BCUT2D eigenvalue weighted by molar-refractivity contribution is 6.66. The lowest BCUT2D eigenvalue weighted by atomic mass is 9.89. The smallest absolute Gasteiger partial charge is 0.154 e. The molecule has 1 unspecified atom stereocenters. The fourth-order valence-electron chi connectivity index (χ4n) is 1.38. The van der Waals surface area contributed by atoms with E-state index in [9.17, 15) is 5.11 Å². The molecule has 3 nitrogen and oxygen atoms in total. The number of halogens is 2. The average Bonchev–Trinajstić information content (AvgIpc) is 2.25. The molecule has 5 heteroatoms. The number of hydrazone groups is 1. The molecule has 0 spiro atoms. The average molecular weight is 289 g/mol. The van der Waals surface area contributed by atoms with Gasteiger partial charge in [-0.1, -0.05) is 44.0 Å². The fourth-order valence-corrected chi connectivity index (χ4v) is 1.63. The molecule has 0 saturated carbocycles. The first-order valence-electron chi connectivity index (χ1n) is 5.71. The topological polar surface area (TPSA) is 44.6 Å². The summed E-state index contributed by atoms with van der Waals surface area (Å²) in [6, 6.07) is 7.07. The Hall–Kier alpha value is -0.770. The van der Waals surface area contributed by atoms with Gasteiger partial charge in [0.15, 0.2) is 5.17 Å². The van der Waals surface area contributed by atoms with E-state index in [1.54, 1.807) is 24.3 Å². The van der Waals surface area contributed by atoms with Crippen molar-refractivity contribution >= 4 is 34.1 Å². The Morgan fingerprint density at radius 1 is 1.33 bits per heavy atom. The lowest BCUT2D eigenvalue weighted by Gasteiger charge is -2.21. The van der Waals surface area contributed by atoms with Crippen molar-refractivity contribution in [3.8, 4) is 0 Å². The van der Waals surface area contributed by atoms with E-state index in [0.717, 1.165) is 5.69 Å². The van der Waals surface area contributed by atoms with Gasteiger partial charge in [0, 0.05) is 5.02 Å². The first-order chi connectivity index (χ1) is 8.28. The van der Waals surface area contributed by atoms with E-state index in [1.807, 2.05) is 20.8 Å². The van der Waals surface area contributed by atoms with E-state index in [2.05, 4.69) is 10.5 Å². The van der Waals surface area contributed by atoms with Gasteiger partial charge in [-0.25, -0.2) is 0 Å². The van der Waals surface area contributed by atoms with Crippen molar-refractivity contribution < 1.29 is 5.11 Å². The molecule has 1 rings (SSSR count). The lowest BCUT2D eigenvalue weighted by molar-refractivity contribution is 0.179. The van der Waals surface area contributed by atoms with Crippen LogP contribution in [0, 0.1) is 5.41 Å². The number of rotatable bonds is 4. The van der Waals surface area contributed by atoms with Crippen LogP contribution in [0.25, 0.3) is 0 Å². The molecule has 18 heavy (non-hydrogen) atoms. The Morgan fingerprint density at radius 2 is 1.89 bits per heavy atom. The first kappa shape index (κ1) is 15.3. The summed E-state index contributed by atoms with van der Waals surface area (Å²) in [4.78, 5) is 0. The van der Waals surface area contributed by atoms with E-state index in [4.69, 9.17) is 23.2 Å². The third-order valence-corrected chi connectivity index (χ3v) is 2.81. The summed E-state index contributed by atoms with van der Waals surface area (Å²) in [6.07, 6.45) is -0.205. The van der Waals surface area contributed by atoms with Crippen molar-refractivity contribution in [2.24, 2.45) is 10.5 Å². The summed E-state index contributed by atoms with van der Waals surface area (Å²) < 4.78 is 0. The number of hydrogen-bond donors (Lipinski definition) is 2. The van der Waals surface area contributed by atoms with E-state index in [-0.39, 0.29) is 10.6 Å². The van der Waals surface area contributed by atoms with Crippen molar-refractivity contribution in [2.45, 2.75) is 33.3 Å². The van der Waals surface area contributed by atoms with Gasteiger partial charge in [0.25, 0.3) is 0 Å². The van der Waals surface area contributed by atoms with Crippen LogP contribution in [-0.4, -0.2) is 16.4 Å². The largest absolute Gasteiger partial charge is 0.386 e. The van der Waals surface area contributed by atoms with E-state index in [0.29, 0.717) is 11.4 Å². The van der Waals surface area contributed by atoms with Crippen LogP contribution in [0.3, 0.4) is 0 Å². The highest BCUT2D eigenvalue weighted by atomic mass is 35.5. The first-order valence-corrected chi connectivity index (χ1v) is 6.46. The van der Waals surface area contributed by atoms with Crippen molar-refractivity contribution in [1.29, 1.82) is 0 Å². The maximum Gasteiger partial charge on any atom is 0.154 e. The number of anilines is 1. The minimum atomic E-state index is -0.758. The number of nitrogens with zero attached hydrogens (tertiary/aromatic N) is 1. The Labute approximate surface area is 118 Å². The zero-order valence-corrected chi connectivity index (χ0v) is 12.3. The van der Waals surface area contributed by atoms with Gasteiger partial charge in [0.05, 0.1) is 5.69 Å². The van der Waals surface area contributed by atoms with Crippen LogP contribution in [0.2, 0.25) is 5.02 Å². The molecule has 1 atom stereocenters. The number of aliphatic hydroxyl groups excluding tert-OH is 1. The predicted octanol–water partition coefficient (Wildman–Crippen LogP) is 4.10. The van der Waals surface area contributed by atoms with Crippen molar-refractivity contribution in [3.05, 3.63) is 29.3 Å².